The molecule has 0 bridgehead atoms. The van der Waals surface area contributed by atoms with Crippen LogP contribution in [0.15, 0.2) is 6.33 Å². The molecule has 0 aromatic carbocycles. The summed E-state index contributed by atoms with van der Waals surface area (Å²) >= 11 is 0. The third kappa shape index (κ3) is 3.06. The van der Waals surface area contributed by atoms with Gasteiger partial charge in [-0.05, 0) is 39.8 Å². The lowest BCUT2D eigenvalue weighted by Gasteiger charge is -2.22. The van der Waals surface area contributed by atoms with Gasteiger partial charge in [-0.3, -0.25) is 0 Å². The third-order valence-electron chi connectivity index (χ3n) is 3.24. The van der Waals surface area contributed by atoms with Crippen molar-refractivity contribution in [2.75, 3.05) is 30.7 Å². The average molecular weight is 235 g/mol. The summed E-state index contributed by atoms with van der Waals surface area (Å²) in [6.45, 7) is 7.62. The molecule has 1 aliphatic rings. The second kappa shape index (κ2) is 5.31. The summed E-state index contributed by atoms with van der Waals surface area (Å²) < 4.78 is 0. The molecule has 5 heteroatoms. The van der Waals surface area contributed by atoms with E-state index in [1.165, 1.54) is 32.3 Å². The van der Waals surface area contributed by atoms with Crippen molar-refractivity contribution in [2.24, 2.45) is 0 Å². The monoisotopic (exact) mass is 235 g/mol. The number of nitrogen functional groups attached to an aromatic ring is 1. The van der Waals surface area contributed by atoms with Gasteiger partial charge in [0.2, 0.25) is 0 Å². The van der Waals surface area contributed by atoms with Crippen molar-refractivity contribution in [2.45, 2.75) is 32.7 Å². The van der Waals surface area contributed by atoms with Gasteiger partial charge in [0.15, 0.2) is 0 Å². The van der Waals surface area contributed by atoms with E-state index in [4.69, 9.17) is 5.73 Å². The van der Waals surface area contributed by atoms with Crippen LogP contribution in [0, 0.1) is 6.92 Å². The predicted molar refractivity (Wildman–Crippen MR) is 69.9 cm³/mol. The van der Waals surface area contributed by atoms with E-state index >= 15 is 0 Å². The Morgan fingerprint density at radius 1 is 1.41 bits per heavy atom. The molecule has 1 aromatic rings. The zero-order chi connectivity index (χ0) is 12.3. The maximum absolute atomic E-state index is 5.76. The SMILES string of the molecule is Cc1c(N)ncnc1NC(C)CN1CCCC1. The molecule has 1 unspecified atom stereocenters. The van der Waals surface area contributed by atoms with Gasteiger partial charge in [0, 0.05) is 18.2 Å². The number of anilines is 2. The van der Waals surface area contributed by atoms with Crippen LogP contribution in [0.1, 0.15) is 25.3 Å². The Labute approximate surface area is 102 Å². The molecule has 0 amide bonds. The van der Waals surface area contributed by atoms with Crippen LogP contribution in [-0.4, -0.2) is 40.5 Å². The lowest BCUT2D eigenvalue weighted by atomic mass is 10.2. The van der Waals surface area contributed by atoms with Gasteiger partial charge in [0.05, 0.1) is 0 Å². The number of likely N-dealkylation sites (tertiary alicyclic amines) is 1. The van der Waals surface area contributed by atoms with E-state index in [0.29, 0.717) is 11.9 Å². The van der Waals surface area contributed by atoms with E-state index in [1.807, 2.05) is 6.92 Å². The second-order valence-electron chi connectivity index (χ2n) is 4.79. The van der Waals surface area contributed by atoms with Crippen LogP contribution in [0.25, 0.3) is 0 Å². The summed E-state index contributed by atoms with van der Waals surface area (Å²) in [5.41, 5.74) is 6.69. The minimum absolute atomic E-state index is 0.376. The molecule has 1 atom stereocenters. The molecular formula is C12H21N5. The van der Waals surface area contributed by atoms with Gasteiger partial charge in [0.25, 0.3) is 0 Å². The molecule has 17 heavy (non-hydrogen) atoms. The molecule has 0 spiro atoms. The predicted octanol–water partition coefficient (Wildman–Crippen LogP) is 1.26. The molecule has 1 fully saturated rings. The largest absolute Gasteiger partial charge is 0.383 e. The molecular weight excluding hydrogens is 214 g/mol. The summed E-state index contributed by atoms with van der Waals surface area (Å²) in [6, 6.07) is 0.376. The molecule has 1 aromatic heterocycles. The smallest absolute Gasteiger partial charge is 0.134 e. The average Bonchev–Trinajstić information content (AvgIpc) is 2.77. The molecule has 2 rings (SSSR count). The highest BCUT2D eigenvalue weighted by atomic mass is 15.2. The van der Waals surface area contributed by atoms with Crippen molar-refractivity contribution in [3.05, 3.63) is 11.9 Å². The molecule has 5 nitrogen and oxygen atoms in total. The number of rotatable bonds is 4. The first-order chi connectivity index (χ1) is 8.16. The van der Waals surface area contributed by atoms with Crippen molar-refractivity contribution >= 4 is 11.6 Å². The minimum Gasteiger partial charge on any atom is -0.383 e. The van der Waals surface area contributed by atoms with Gasteiger partial charge < -0.3 is 16.0 Å². The van der Waals surface area contributed by atoms with Gasteiger partial charge in [-0.2, -0.15) is 0 Å². The Kier molecular flexibility index (Phi) is 3.78. The van der Waals surface area contributed by atoms with Gasteiger partial charge in [0.1, 0.15) is 18.0 Å². The first-order valence-electron chi connectivity index (χ1n) is 6.23. The van der Waals surface area contributed by atoms with E-state index in [1.54, 1.807) is 0 Å². The van der Waals surface area contributed by atoms with Crippen LogP contribution in [0.2, 0.25) is 0 Å². The molecule has 0 saturated carbocycles. The van der Waals surface area contributed by atoms with Crippen LogP contribution >= 0.6 is 0 Å². The molecule has 0 radical (unpaired) electrons. The molecule has 94 valence electrons. The normalized spacial score (nSPS) is 18.2. The first kappa shape index (κ1) is 12.1. The van der Waals surface area contributed by atoms with Crippen LogP contribution < -0.4 is 11.1 Å². The minimum atomic E-state index is 0.376. The topological polar surface area (TPSA) is 67.1 Å². The Balaban J connectivity index is 1.93. The Hall–Kier alpha value is -1.36. The van der Waals surface area contributed by atoms with E-state index < -0.39 is 0 Å². The number of nitrogens with two attached hydrogens (primary N) is 1. The van der Waals surface area contributed by atoms with Crippen molar-refractivity contribution in [1.29, 1.82) is 0 Å². The highest BCUT2D eigenvalue weighted by Gasteiger charge is 2.15. The number of hydrogen-bond acceptors (Lipinski definition) is 5. The van der Waals surface area contributed by atoms with Crippen LogP contribution in [0.3, 0.4) is 0 Å². The maximum Gasteiger partial charge on any atom is 0.134 e. The fourth-order valence-electron chi connectivity index (χ4n) is 2.24. The van der Waals surface area contributed by atoms with Gasteiger partial charge in [-0.1, -0.05) is 0 Å². The Morgan fingerprint density at radius 3 is 2.82 bits per heavy atom. The first-order valence-corrected chi connectivity index (χ1v) is 6.23. The van der Waals surface area contributed by atoms with Gasteiger partial charge in [-0.25, -0.2) is 9.97 Å². The lowest BCUT2D eigenvalue weighted by Crippen LogP contribution is -2.33. The quantitative estimate of drug-likeness (QED) is 0.822. The van der Waals surface area contributed by atoms with Crippen LogP contribution in [0.4, 0.5) is 11.6 Å². The van der Waals surface area contributed by atoms with E-state index in [2.05, 4.69) is 27.1 Å². The number of nitrogens with zero attached hydrogens (tertiary/aromatic N) is 3. The fourth-order valence-corrected chi connectivity index (χ4v) is 2.24. The summed E-state index contributed by atoms with van der Waals surface area (Å²) in [5, 5.41) is 3.41. The maximum atomic E-state index is 5.76. The van der Waals surface area contributed by atoms with Crippen molar-refractivity contribution in [1.82, 2.24) is 14.9 Å². The van der Waals surface area contributed by atoms with Crippen molar-refractivity contribution in [3.8, 4) is 0 Å². The third-order valence-corrected chi connectivity index (χ3v) is 3.24. The summed E-state index contributed by atoms with van der Waals surface area (Å²) in [4.78, 5) is 10.7. The number of aromatic nitrogens is 2. The zero-order valence-corrected chi connectivity index (χ0v) is 10.6. The molecule has 2 heterocycles. The summed E-state index contributed by atoms with van der Waals surface area (Å²) in [5.74, 6) is 1.40. The number of nitrogens with one attached hydrogen (secondary N) is 1. The molecule has 1 saturated heterocycles. The summed E-state index contributed by atoms with van der Waals surface area (Å²) in [7, 11) is 0. The van der Waals surface area contributed by atoms with Crippen LogP contribution in [-0.2, 0) is 0 Å². The van der Waals surface area contributed by atoms with E-state index in [-0.39, 0.29) is 0 Å². The fraction of sp³-hybridized carbons (Fsp3) is 0.667. The van der Waals surface area contributed by atoms with E-state index in [0.717, 1.165) is 17.9 Å². The zero-order valence-electron chi connectivity index (χ0n) is 10.6. The standard InChI is InChI=1S/C12H21N5/c1-9(7-17-5-3-4-6-17)16-12-10(2)11(13)14-8-15-12/h8-9H,3-7H2,1-2H3,(H3,13,14,15,16). The number of hydrogen-bond donors (Lipinski definition) is 2. The van der Waals surface area contributed by atoms with Gasteiger partial charge in [-0.15, -0.1) is 0 Å². The second-order valence-corrected chi connectivity index (χ2v) is 4.79. The van der Waals surface area contributed by atoms with Crippen LogP contribution in [0.5, 0.6) is 0 Å². The van der Waals surface area contributed by atoms with Crippen molar-refractivity contribution in [3.63, 3.8) is 0 Å². The summed E-state index contributed by atoms with van der Waals surface area (Å²) in [6.07, 6.45) is 4.16. The van der Waals surface area contributed by atoms with E-state index in [9.17, 15) is 0 Å². The molecule has 0 aliphatic carbocycles. The lowest BCUT2D eigenvalue weighted by molar-refractivity contribution is 0.327. The molecule has 1 aliphatic heterocycles. The molecule has 3 N–H and O–H groups in total. The Morgan fingerprint density at radius 2 is 2.12 bits per heavy atom. The van der Waals surface area contributed by atoms with Crippen molar-refractivity contribution < 1.29 is 0 Å². The van der Waals surface area contributed by atoms with Gasteiger partial charge >= 0.3 is 0 Å². The highest BCUT2D eigenvalue weighted by molar-refractivity contribution is 5.54. The highest BCUT2D eigenvalue weighted by Crippen LogP contribution is 2.16. The Bertz CT molecular complexity index is 373.